The second-order valence-electron chi connectivity index (χ2n) is 8.66. The van der Waals surface area contributed by atoms with Crippen molar-refractivity contribution in [3.05, 3.63) is 59.0 Å². The summed E-state index contributed by atoms with van der Waals surface area (Å²) in [7, 11) is -3.72. The highest BCUT2D eigenvalue weighted by Crippen LogP contribution is 2.29. The van der Waals surface area contributed by atoms with E-state index in [0.29, 0.717) is 35.7 Å². The Kier molecular flexibility index (Phi) is 6.36. The molecule has 9 heteroatoms. The van der Waals surface area contributed by atoms with Crippen molar-refractivity contribution in [1.29, 1.82) is 0 Å². The number of carbonyl (C=O) groups is 1. The van der Waals surface area contributed by atoms with Crippen molar-refractivity contribution in [2.24, 2.45) is 5.92 Å². The van der Waals surface area contributed by atoms with E-state index in [1.165, 1.54) is 4.31 Å². The van der Waals surface area contributed by atoms with Crippen molar-refractivity contribution in [2.45, 2.75) is 45.4 Å². The van der Waals surface area contributed by atoms with Crippen LogP contribution in [0.5, 0.6) is 0 Å². The van der Waals surface area contributed by atoms with Gasteiger partial charge in [-0.1, -0.05) is 23.4 Å². The van der Waals surface area contributed by atoms with Gasteiger partial charge in [-0.3, -0.25) is 4.79 Å². The second kappa shape index (κ2) is 9.07. The summed E-state index contributed by atoms with van der Waals surface area (Å²) >= 11 is 0. The van der Waals surface area contributed by atoms with Crippen LogP contribution < -0.4 is 5.32 Å². The zero-order valence-electron chi connectivity index (χ0n) is 19.3. The molecule has 1 aromatic heterocycles. The first-order valence-electron chi connectivity index (χ1n) is 10.9. The number of aromatic nitrogens is 2. The summed E-state index contributed by atoms with van der Waals surface area (Å²) in [5, 5.41) is 6.87. The van der Waals surface area contributed by atoms with Crippen molar-refractivity contribution >= 4 is 21.6 Å². The van der Waals surface area contributed by atoms with Crippen LogP contribution in [0.3, 0.4) is 0 Å². The Labute approximate surface area is 194 Å². The molecule has 0 unspecified atom stereocenters. The van der Waals surface area contributed by atoms with Crippen LogP contribution in [0.4, 0.5) is 5.69 Å². The van der Waals surface area contributed by atoms with Crippen molar-refractivity contribution in [1.82, 2.24) is 14.4 Å². The molecule has 0 radical (unpaired) electrons. The predicted molar refractivity (Wildman–Crippen MR) is 125 cm³/mol. The van der Waals surface area contributed by atoms with Gasteiger partial charge in [-0.15, -0.1) is 0 Å². The molecule has 3 aromatic rings. The van der Waals surface area contributed by atoms with Crippen molar-refractivity contribution in [3.8, 4) is 11.4 Å². The Morgan fingerprint density at radius 2 is 1.70 bits per heavy atom. The molecule has 0 bridgehead atoms. The van der Waals surface area contributed by atoms with Gasteiger partial charge >= 0.3 is 0 Å². The Bertz CT molecular complexity index is 1270. The SMILES string of the molecule is Cc1cc(C)cc(NC(=O)C2CCN(S(=O)(=O)c3cc(-c4noc(C)n4)ccc3C)CC2)c1. The Hall–Kier alpha value is -3.04. The summed E-state index contributed by atoms with van der Waals surface area (Å²) in [4.78, 5) is 17.2. The molecule has 1 fully saturated rings. The Morgan fingerprint density at radius 1 is 1.03 bits per heavy atom. The maximum atomic E-state index is 13.4. The normalized spacial score (nSPS) is 15.5. The van der Waals surface area contributed by atoms with Crippen molar-refractivity contribution in [3.63, 3.8) is 0 Å². The van der Waals surface area contributed by atoms with Crippen LogP contribution in [-0.4, -0.2) is 41.9 Å². The summed E-state index contributed by atoms with van der Waals surface area (Å²) in [5.74, 6) is 0.469. The number of sulfonamides is 1. The van der Waals surface area contributed by atoms with Gasteiger partial charge in [0.15, 0.2) is 0 Å². The quantitative estimate of drug-likeness (QED) is 0.607. The average Bonchev–Trinajstić information content (AvgIpc) is 3.19. The molecule has 2 heterocycles. The number of nitrogens with zero attached hydrogens (tertiary/aromatic N) is 3. The highest BCUT2D eigenvalue weighted by atomic mass is 32.2. The number of hydrogen-bond acceptors (Lipinski definition) is 6. The number of hydrogen-bond donors (Lipinski definition) is 1. The number of nitrogens with one attached hydrogen (secondary N) is 1. The lowest BCUT2D eigenvalue weighted by molar-refractivity contribution is -0.120. The van der Waals surface area contributed by atoms with Gasteiger partial charge in [-0.2, -0.15) is 9.29 Å². The second-order valence-corrected chi connectivity index (χ2v) is 10.6. The maximum Gasteiger partial charge on any atom is 0.243 e. The third kappa shape index (κ3) is 4.99. The molecule has 1 amide bonds. The Balaban J connectivity index is 1.46. The molecule has 33 heavy (non-hydrogen) atoms. The first-order valence-corrected chi connectivity index (χ1v) is 12.4. The van der Waals surface area contributed by atoms with Crippen LogP contribution in [0.1, 0.15) is 35.4 Å². The molecule has 8 nitrogen and oxygen atoms in total. The first kappa shape index (κ1) is 23.1. The highest BCUT2D eigenvalue weighted by molar-refractivity contribution is 7.89. The van der Waals surface area contributed by atoms with E-state index in [9.17, 15) is 13.2 Å². The lowest BCUT2D eigenvalue weighted by Crippen LogP contribution is -2.41. The minimum absolute atomic E-state index is 0.0669. The van der Waals surface area contributed by atoms with E-state index < -0.39 is 10.0 Å². The van der Waals surface area contributed by atoms with Gasteiger partial charge < -0.3 is 9.84 Å². The van der Waals surface area contributed by atoms with Crippen LogP contribution in [0, 0.1) is 33.6 Å². The molecule has 0 aliphatic carbocycles. The number of piperidine rings is 1. The van der Waals surface area contributed by atoms with Crippen LogP contribution in [-0.2, 0) is 14.8 Å². The van der Waals surface area contributed by atoms with E-state index in [1.807, 2.05) is 26.0 Å². The molecule has 1 aliphatic heterocycles. The van der Waals surface area contributed by atoms with E-state index in [4.69, 9.17) is 4.52 Å². The number of carbonyl (C=O) groups excluding carboxylic acids is 1. The number of amides is 1. The smallest absolute Gasteiger partial charge is 0.243 e. The fourth-order valence-corrected chi connectivity index (χ4v) is 5.94. The standard InChI is InChI=1S/C24H28N4O4S/c1-15-11-16(2)13-21(12-15)26-24(29)19-7-9-28(10-8-19)33(30,31)22-14-20(6-5-17(22)3)23-25-18(4)32-27-23/h5-6,11-14,19H,7-10H2,1-4H3,(H,26,29). The third-order valence-electron chi connectivity index (χ3n) is 5.91. The zero-order chi connectivity index (χ0) is 23.8. The van der Waals surface area contributed by atoms with Crippen LogP contribution in [0.2, 0.25) is 0 Å². The summed E-state index contributed by atoms with van der Waals surface area (Å²) in [6.45, 7) is 8.01. The molecule has 1 N–H and O–H groups in total. The number of aryl methyl sites for hydroxylation is 4. The topological polar surface area (TPSA) is 105 Å². The molecule has 1 saturated heterocycles. The molecule has 1 aliphatic rings. The molecular weight excluding hydrogens is 440 g/mol. The molecule has 0 atom stereocenters. The number of benzene rings is 2. The highest BCUT2D eigenvalue weighted by Gasteiger charge is 2.33. The van der Waals surface area contributed by atoms with Gasteiger partial charge in [0.1, 0.15) is 0 Å². The lowest BCUT2D eigenvalue weighted by Gasteiger charge is -2.31. The van der Waals surface area contributed by atoms with E-state index in [2.05, 4.69) is 21.5 Å². The predicted octanol–water partition coefficient (Wildman–Crippen LogP) is 4.01. The van der Waals surface area contributed by atoms with Crippen molar-refractivity contribution in [2.75, 3.05) is 18.4 Å². The first-order chi connectivity index (χ1) is 15.6. The van der Waals surface area contributed by atoms with Gasteiger partial charge in [0.2, 0.25) is 27.6 Å². The molecule has 0 saturated carbocycles. The maximum absolute atomic E-state index is 13.4. The monoisotopic (exact) mass is 468 g/mol. The fraction of sp³-hybridized carbons (Fsp3) is 0.375. The molecule has 2 aromatic carbocycles. The molecule has 174 valence electrons. The zero-order valence-corrected chi connectivity index (χ0v) is 20.1. The van der Waals surface area contributed by atoms with E-state index >= 15 is 0 Å². The van der Waals surface area contributed by atoms with Crippen LogP contribution >= 0.6 is 0 Å². The van der Waals surface area contributed by atoms with Crippen LogP contribution in [0.25, 0.3) is 11.4 Å². The number of rotatable bonds is 5. The van der Waals surface area contributed by atoms with E-state index in [0.717, 1.165) is 16.8 Å². The van der Waals surface area contributed by atoms with Crippen LogP contribution in [0.15, 0.2) is 45.8 Å². The summed E-state index contributed by atoms with van der Waals surface area (Å²) in [6, 6.07) is 11.0. The minimum atomic E-state index is -3.72. The molecule has 0 spiro atoms. The lowest BCUT2D eigenvalue weighted by atomic mass is 9.97. The van der Waals surface area contributed by atoms with E-state index in [-0.39, 0.29) is 29.8 Å². The van der Waals surface area contributed by atoms with Gasteiger partial charge in [0.25, 0.3) is 0 Å². The van der Waals surface area contributed by atoms with Gasteiger partial charge in [0, 0.05) is 37.2 Å². The van der Waals surface area contributed by atoms with Gasteiger partial charge in [-0.05, 0) is 68.5 Å². The minimum Gasteiger partial charge on any atom is -0.339 e. The molecular formula is C24H28N4O4S. The Morgan fingerprint density at radius 3 is 2.30 bits per heavy atom. The van der Waals surface area contributed by atoms with Gasteiger partial charge in [-0.25, -0.2) is 8.42 Å². The molecule has 4 rings (SSSR count). The van der Waals surface area contributed by atoms with E-state index in [1.54, 1.807) is 32.0 Å². The average molecular weight is 469 g/mol. The third-order valence-corrected chi connectivity index (χ3v) is 7.95. The fourth-order valence-electron chi connectivity index (χ4n) is 4.22. The van der Waals surface area contributed by atoms with Crippen molar-refractivity contribution < 1.29 is 17.7 Å². The number of anilines is 1. The summed E-state index contributed by atoms with van der Waals surface area (Å²) in [5.41, 5.74) is 4.17. The summed E-state index contributed by atoms with van der Waals surface area (Å²) < 4.78 is 33.3. The summed E-state index contributed by atoms with van der Waals surface area (Å²) in [6.07, 6.45) is 0.942. The largest absolute Gasteiger partial charge is 0.339 e. The van der Waals surface area contributed by atoms with Gasteiger partial charge in [0.05, 0.1) is 4.90 Å².